The van der Waals surface area contributed by atoms with E-state index in [1.807, 2.05) is 0 Å². The Morgan fingerprint density at radius 3 is 2.32 bits per heavy atom. The second-order valence-electron chi connectivity index (χ2n) is 6.42. The lowest BCUT2D eigenvalue weighted by Crippen LogP contribution is -2.59. The quantitative estimate of drug-likeness (QED) is 0.781. The number of halogens is 2. The molecule has 3 aliphatic rings. The van der Waals surface area contributed by atoms with Crippen LogP contribution in [0.4, 0.5) is 8.78 Å². The smallest absolute Gasteiger partial charge is 0.272 e. The summed E-state index contributed by atoms with van der Waals surface area (Å²) in [7, 11) is 0. The van der Waals surface area contributed by atoms with Crippen molar-refractivity contribution in [3.05, 3.63) is 24.3 Å². The first-order chi connectivity index (χ1) is 12.0. The summed E-state index contributed by atoms with van der Waals surface area (Å²) in [4.78, 5) is 13.1. The lowest BCUT2D eigenvalue weighted by molar-refractivity contribution is -0.157. The van der Waals surface area contributed by atoms with Gasteiger partial charge in [-0.3, -0.25) is 4.79 Å². The minimum atomic E-state index is -3.05. The van der Waals surface area contributed by atoms with Gasteiger partial charge in [0.1, 0.15) is 31.2 Å². The molecule has 0 saturated carbocycles. The molecular formula is C17H23F2NO5. The van der Waals surface area contributed by atoms with Crippen molar-refractivity contribution in [1.82, 2.24) is 5.32 Å². The van der Waals surface area contributed by atoms with Gasteiger partial charge in [-0.1, -0.05) is 18.2 Å². The summed E-state index contributed by atoms with van der Waals surface area (Å²) >= 11 is 0. The average Bonchev–Trinajstić information content (AvgIpc) is 3.28. The molecule has 0 aromatic carbocycles. The van der Waals surface area contributed by atoms with Gasteiger partial charge in [0.15, 0.2) is 0 Å². The first kappa shape index (κ1) is 18.4. The highest BCUT2D eigenvalue weighted by Crippen LogP contribution is 2.46. The fourth-order valence-electron chi connectivity index (χ4n) is 3.64. The number of carbonyl (C=O) groups is 1. The van der Waals surface area contributed by atoms with Crippen molar-refractivity contribution in [3.63, 3.8) is 0 Å². The molecule has 0 bridgehead atoms. The van der Waals surface area contributed by atoms with Crippen LogP contribution in [0.3, 0.4) is 0 Å². The largest absolute Gasteiger partial charge is 0.356 e. The molecule has 140 valence electrons. The maximum atomic E-state index is 14.4. The Kier molecular flexibility index (Phi) is 5.52. The van der Waals surface area contributed by atoms with E-state index in [0.29, 0.717) is 6.54 Å². The van der Waals surface area contributed by atoms with Gasteiger partial charge in [0, 0.05) is 12.5 Å². The number of hydrogen-bond donors (Lipinski definition) is 1. The Hall–Kier alpha value is -1.35. The molecule has 3 rings (SSSR count). The van der Waals surface area contributed by atoms with Gasteiger partial charge >= 0.3 is 0 Å². The zero-order valence-corrected chi connectivity index (χ0v) is 14.1. The third-order valence-electron chi connectivity index (χ3n) is 4.98. The highest BCUT2D eigenvalue weighted by atomic mass is 19.3. The van der Waals surface area contributed by atoms with Crippen LogP contribution in [-0.2, 0) is 23.7 Å². The summed E-state index contributed by atoms with van der Waals surface area (Å²) in [6, 6.07) is 0. The van der Waals surface area contributed by atoms with Crippen LogP contribution in [0.1, 0.15) is 13.3 Å². The number of nitrogens with one attached hydrogen (secondary N) is 1. The summed E-state index contributed by atoms with van der Waals surface area (Å²) in [6.45, 7) is 2.49. The number of amides is 1. The van der Waals surface area contributed by atoms with Gasteiger partial charge in [-0.25, -0.2) is 8.78 Å². The van der Waals surface area contributed by atoms with E-state index in [4.69, 9.17) is 18.9 Å². The molecule has 2 saturated heterocycles. The van der Waals surface area contributed by atoms with Crippen LogP contribution < -0.4 is 5.32 Å². The van der Waals surface area contributed by atoms with E-state index in [0.717, 1.165) is 6.08 Å². The van der Waals surface area contributed by atoms with Crippen molar-refractivity contribution in [2.75, 3.05) is 33.3 Å². The fraction of sp³-hybridized carbons (Fsp3) is 0.706. The number of ether oxygens (including phenoxy) is 4. The Balaban J connectivity index is 1.97. The Bertz CT molecular complexity index is 523. The molecule has 0 radical (unpaired) electrons. The third-order valence-corrected chi connectivity index (χ3v) is 4.98. The Morgan fingerprint density at radius 2 is 1.84 bits per heavy atom. The van der Waals surface area contributed by atoms with Crippen molar-refractivity contribution in [2.45, 2.75) is 31.5 Å². The van der Waals surface area contributed by atoms with Crippen molar-refractivity contribution in [2.24, 2.45) is 11.3 Å². The fourth-order valence-corrected chi connectivity index (χ4v) is 3.64. The summed E-state index contributed by atoms with van der Waals surface area (Å²) in [5.41, 5.74) is -1.33. The molecule has 3 unspecified atom stereocenters. The number of hydrogen-bond acceptors (Lipinski definition) is 5. The molecule has 1 amide bonds. The SMILES string of the molecule is CCNC(=O)C(CC1C=CC=CC1(F)F)(C1COCO1)C1COCO1. The molecule has 3 atom stereocenters. The van der Waals surface area contributed by atoms with Crippen LogP contribution in [-0.4, -0.2) is 57.4 Å². The molecule has 1 N–H and O–H groups in total. The van der Waals surface area contributed by atoms with E-state index in [-0.39, 0.29) is 39.1 Å². The van der Waals surface area contributed by atoms with Crippen molar-refractivity contribution >= 4 is 5.91 Å². The Morgan fingerprint density at radius 1 is 1.20 bits per heavy atom. The highest BCUT2D eigenvalue weighted by molar-refractivity contribution is 5.84. The van der Waals surface area contributed by atoms with E-state index in [1.165, 1.54) is 12.2 Å². The molecule has 0 aromatic rings. The molecule has 0 spiro atoms. The van der Waals surface area contributed by atoms with Gasteiger partial charge < -0.3 is 24.3 Å². The molecule has 2 fully saturated rings. The molecule has 0 aromatic heterocycles. The van der Waals surface area contributed by atoms with Gasteiger partial charge in [-0.2, -0.15) is 0 Å². The first-order valence-electron chi connectivity index (χ1n) is 8.41. The lowest BCUT2D eigenvalue weighted by atomic mass is 9.68. The second-order valence-corrected chi connectivity index (χ2v) is 6.42. The topological polar surface area (TPSA) is 66.0 Å². The maximum absolute atomic E-state index is 14.4. The van der Waals surface area contributed by atoms with Crippen molar-refractivity contribution in [1.29, 1.82) is 0 Å². The lowest BCUT2D eigenvalue weighted by Gasteiger charge is -2.42. The summed E-state index contributed by atoms with van der Waals surface area (Å²) in [5.74, 6) is -4.57. The Labute approximate surface area is 145 Å². The van der Waals surface area contributed by atoms with Gasteiger partial charge in [0.05, 0.1) is 13.2 Å². The molecule has 2 aliphatic heterocycles. The van der Waals surface area contributed by atoms with Crippen LogP contribution in [0.25, 0.3) is 0 Å². The molecule has 8 heteroatoms. The minimum Gasteiger partial charge on any atom is -0.356 e. The zero-order chi connectivity index (χ0) is 17.9. The van der Waals surface area contributed by atoms with E-state index in [9.17, 15) is 13.6 Å². The monoisotopic (exact) mass is 359 g/mol. The van der Waals surface area contributed by atoms with Gasteiger partial charge in [0.25, 0.3) is 5.92 Å². The molecule has 1 aliphatic carbocycles. The standard InChI is InChI=1S/C17H23F2NO5/c1-2-20-15(21)16(13-8-22-10-24-13,14-9-23-11-25-14)7-12-5-3-4-6-17(12,18)19/h3-6,12-14H,2,7-11H2,1H3,(H,20,21). The van der Waals surface area contributed by atoms with Crippen molar-refractivity contribution < 1.29 is 32.5 Å². The van der Waals surface area contributed by atoms with E-state index < -0.39 is 29.5 Å². The van der Waals surface area contributed by atoms with Crippen LogP contribution in [0.5, 0.6) is 0 Å². The van der Waals surface area contributed by atoms with E-state index in [2.05, 4.69) is 5.32 Å². The average molecular weight is 359 g/mol. The first-order valence-corrected chi connectivity index (χ1v) is 8.41. The predicted octanol–water partition coefficient (Wildman–Crippen LogP) is 1.62. The number of rotatable bonds is 6. The zero-order valence-electron chi connectivity index (χ0n) is 14.1. The highest BCUT2D eigenvalue weighted by Gasteiger charge is 2.58. The minimum absolute atomic E-state index is 0.0240. The van der Waals surface area contributed by atoms with E-state index >= 15 is 0 Å². The van der Waals surface area contributed by atoms with Crippen LogP contribution in [0, 0.1) is 11.3 Å². The number of carbonyl (C=O) groups excluding carboxylic acids is 1. The normalized spacial score (nSPS) is 33.3. The van der Waals surface area contributed by atoms with E-state index in [1.54, 1.807) is 13.0 Å². The molecule has 6 nitrogen and oxygen atoms in total. The maximum Gasteiger partial charge on any atom is 0.272 e. The summed E-state index contributed by atoms with van der Waals surface area (Å²) in [6.07, 6.45) is 3.69. The van der Waals surface area contributed by atoms with Crippen LogP contribution in [0.2, 0.25) is 0 Å². The second kappa shape index (κ2) is 7.49. The third kappa shape index (κ3) is 3.48. The van der Waals surface area contributed by atoms with Gasteiger partial charge in [-0.05, 0) is 19.4 Å². The van der Waals surface area contributed by atoms with Crippen molar-refractivity contribution in [3.8, 4) is 0 Å². The molecular weight excluding hydrogens is 336 g/mol. The summed E-state index contributed by atoms with van der Waals surface area (Å²) in [5, 5.41) is 2.76. The van der Waals surface area contributed by atoms with Gasteiger partial charge in [-0.15, -0.1) is 0 Å². The molecule has 2 heterocycles. The molecule has 25 heavy (non-hydrogen) atoms. The number of allylic oxidation sites excluding steroid dienone is 4. The van der Waals surface area contributed by atoms with Gasteiger partial charge in [0.2, 0.25) is 5.91 Å². The van der Waals surface area contributed by atoms with Crippen LogP contribution in [0.15, 0.2) is 24.3 Å². The summed E-state index contributed by atoms with van der Waals surface area (Å²) < 4.78 is 50.6. The van der Waals surface area contributed by atoms with Crippen LogP contribution >= 0.6 is 0 Å². The predicted molar refractivity (Wildman–Crippen MR) is 83.8 cm³/mol. The number of alkyl halides is 2.